The summed E-state index contributed by atoms with van der Waals surface area (Å²) in [4.78, 5) is 11.4. The van der Waals surface area contributed by atoms with E-state index in [2.05, 4.69) is 11.9 Å². The molecule has 5 nitrogen and oxygen atoms in total. The van der Waals surface area contributed by atoms with Crippen LogP contribution in [0.1, 0.15) is 5.56 Å². The minimum Gasteiger partial charge on any atom is -0.322 e. The molecule has 6 heteroatoms. The summed E-state index contributed by atoms with van der Waals surface area (Å²) in [6, 6.07) is 4.59. The fraction of sp³-hybridized carbons (Fsp3) is 0.250. The number of sulfonamides is 1. The summed E-state index contributed by atoms with van der Waals surface area (Å²) in [6.07, 6.45) is 1.13. The van der Waals surface area contributed by atoms with Crippen molar-refractivity contribution in [2.45, 2.75) is 11.8 Å². The summed E-state index contributed by atoms with van der Waals surface area (Å²) in [5, 5.41) is 2.57. The number of aryl methyl sites for hydroxylation is 1. The molecule has 98 valence electrons. The number of hydrogen-bond donors (Lipinski definition) is 1. The van der Waals surface area contributed by atoms with Crippen molar-refractivity contribution in [3.8, 4) is 0 Å². The highest BCUT2D eigenvalue weighted by atomic mass is 32.2. The smallest absolute Gasteiger partial charge is 0.247 e. The normalized spacial score (nSPS) is 11.3. The van der Waals surface area contributed by atoms with E-state index in [-0.39, 0.29) is 10.8 Å². The lowest BCUT2D eigenvalue weighted by Gasteiger charge is -2.13. The van der Waals surface area contributed by atoms with Crippen molar-refractivity contribution in [1.82, 2.24) is 4.31 Å². The number of anilines is 1. The first-order valence-electron chi connectivity index (χ1n) is 5.25. The van der Waals surface area contributed by atoms with E-state index in [1.54, 1.807) is 13.0 Å². The molecule has 0 aliphatic heterocycles. The molecule has 0 saturated heterocycles. The second kappa shape index (κ2) is 5.32. The van der Waals surface area contributed by atoms with E-state index in [4.69, 9.17) is 0 Å². The fourth-order valence-electron chi connectivity index (χ4n) is 1.29. The molecule has 0 bridgehead atoms. The lowest BCUT2D eigenvalue weighted by molar-refractivity contribution is -0.111. The lowest BCUT2D eigenvalue weighted by atomic mass is 10.2. The summed E-state index contributed by atoms with van der Waals surface area (Å²) in [6.45, 7) is 5.13. The van der Waals surface area contributed by atoms with Gasteiger partial charge in [0.2, 0.25) is 15.9 Å². The number of nitrogens with one attached hydrogen (secondary N) is 1. The maximum atomic E-state index is 11.9. The Labute approximate surface area is 107 Å². The molecule has 0 saturated carbocycles. The Morgan fingerprint density at radius 3 is 2.50 bits per heavy atom. The second-order valence-electron chi connectivity index (χ2n) is 3.96. The highest BCUT2D eigenvalue weighted by Crippen LogP contribution is 2.21. The van der Waals surface area contributed by atoms with Gasteiger partial charge in [0.05, 0.1) is 4.90 Å². The van der Waals surface area contributed by atoms with Crippen LogP contribution in [-0.4, -0.2) is 32.7 Å². The largest absolute Gasteiger partial charge is 0.322 e. The zero-order valence-corrected chi connectivity index (χ0v) is 11.4. The zero-order chi connectivity index (χ0) is 13.9. The molecule has 0 spiro atoms. The molecule has 0 heterocycles. The Morgan fingerprint density at radius 1 is 1.39 bits per heavy atom. The van der Waals surface area contributed by atoms with Gasteiger partial charge < -0.3 is 5.32 Å². The molecule has 0 unspecified atom stereocenters. The van der Waals surface area contributed by atoms with E-state index < -0.39 is 10.0 Å². The number of rotatable bonds is 4. The van der Waals surface area contributed by atoms with Crippen LogP contribution in [0, 0.1) is 6.92 Å². The van der Waals surface area contributed by atoms with E-state index in [1.807, 2.05) is 0 Å². The number of benzene rings is 1. The van der Waals surface area contributed by atoms with Gasteiger partial charge in [-0.25, -0.2) is 12.7 Å². The first-order chi connectivity index (χ1) is 8.28. The summed E-state index contributed by atoms with van der Waals surface area (Å²) in [5.74, 6) is -0.377. The Bertz CT molecular complexity index is 577. The van der Waals surface area contributed by atoms with Gasteiger partial charge in [0.1, 0.15) is 0 Å². The summed E-state index contributed by atoms with van der Waals surface area (Å²) in [7, 11) is -0.591. The predicted octanol–water partition coefficient (Wildman–Crippen LogP) is 1.37. The average molecular weight is 268 g/mol. The van der Waals surface area contributed by atoms with E-state index in [0.717, 1.165) is 15.9 Å². The molecule has 1 aromatic carbocycles. The minimum atomic E-state index is -3.50. The molecule has 1 N–H and O–H groups in total. The molecule has 0 aliphatic rings. The summed E-state index contributed by atoms with van der Waals surface area (Å²) < 4.78 is 25.0. The van der Waals surface area contributed by atoms with Gasteiger partial charge in [-0.1, -0.05) is 12.6 Å². The highest BCUT2D eigenvalue weighted by Gasteiger charge is 2.18. The van der Waals surface area contributed by atoms with Crippen LogP contribution in [0.3, 0.4) is 0 Å². The molecule has 18 heavy (non-hydrogen) atoms. The van der Waals surface area contributed by atoms with E-state index in [1.165, 1.54) is 26.2 Å². The molecule has 1 amide bonds. The van der Waals surface area contributed by atoms with Crippen molar-refractivity contribution >= 4 is 21.6 Å². The van der Waals surface area contributed by atoms with Gasteiger partial charge >= 0.3 is 0 Å². The lowest BCUT2D eigenvalue weighted by Crippen LogP contribution is -2.22. The van der Waals surface area contributed by atoms with Crippen molar-refractivity contribution in [2.24, 2.45) is 0 Å². The van der Waals surface area contributed by atoms with Crippen LogP contribution in [0.4, 0.5) is 5.69 Å². The fourth-order valence-corrected chi connectivity index (χ4v) is 2.22. The van der Waals surface area contributed by atoms with Gasteiger partial charge in [-0.2, -0.15) is 0 Å². The van der Waals surface area contributed by atoms with E-state index in [9.17, 15) is 13.2 Å². The third-order valence-electron chi connectivity index (χ3n) is 2.43. The number of hydrogen-bond acceptors (Lipinski definition) is 3. The SMILES string of the molecule is C=CC(=O)Nc1cc(S(=O)(=O)N(C)C)ccc1C. The van der Waals surface area contributed by atoms with E-state index >= 15 is 0 Å². The maximum absolute atomic E-state index is 11.9. The highest BCUT2D eigenvalue weighted by molar-refractivity contribution is 7.89. The van der Waals surface area contributed by atoms with Crippen LogP contribution in [0.25, 0.3) is 0 Å². The maximum Gasteiger partial charge on any atom is 0.247 e. The van der Waals surface area contributed by atoms with Gasteiger partial charge in [-0.05, 0) is 30.7 Å². The van der Waals surface area contributed by atoms with Gasteiger partial charge in [0.15, 0.2) is 0 Å². The third kappa shape index (κ3) is 2.96. The minimum absolute atomic E-state index is 0.137. The van der Waals surface area contributed by atoms with Crippen molar-refractivity contribution in [1.29, 1.82) is 0 Å². The summed E-state index contributed by atoms with van der Waals surface area (Å²) in [5.41, 5.74) is 1.24. The standard InChI is InChI=1S/C12H16N2O3S/c1-5-12(15)13-11-8-10(7-6-9(11)2)18(16,17)14(3)4/h5-8H,1H2,2-4H3,(H,13,15). The monoisotopic (exact) mass is 268 g/mol. The summed E-state index contributed by atoms with van der Waals surface area (Å²) >= 11 is 0. The molecule has 0 atom stereocenters. The molecular formula is C12H16N2O3S. The second-order valence-corrected chi connectivity index (χ2v) is 6.11. The topological polar surface area (TPSA) is 66.5 Å². The number of carbonyl (C=O) groups excluding carboxylic acids is 1. The Hall–Kier alpha value is -1.66. The van der Waals surface area contributed by atoms with Crippen LogP contribution < -0.4 is 5.32 Å². The van der Waals surface area contributed by atoms with Crippen molar-refractivity contribution in [3.05, 3.63) is 36.4 Å². The first-order valence-corrected chi connectivity index (χ1v) is 6.69. The number of carbonyl (C=O) groups is 1. The molecule has 0 aromatic heterocycles. The Balaban J connectivity index is 3.24. The van der Waals surface area contributed by atoms with Crippen molar-refractivity contribution in [3.63, 3.8) is 0 Å². The molecule has 0 radical (unpaired) electrons. The molecular weight excluding hydrogens is 252 g/mol. The van der Waals surface area contributed by atoms with Crippen molar-refractivity contribution in [2.75, 3.05) is 19.4 Å². The molecule has 0 fully saturated rings. The van der Waals surface area contributed by atoms with Crippen LogP contribution in [0.2, 0.25) is 0 Å². The molecule has 1 aromatic rings. The van der Waals surface area contributed by atoms with Gasteiger partial charge in [-0.3, -0.25) is 4.79 Å². The van der Waals surface area contributed by atoms with Crippen LogP contribution >= 0.6 is 0 Å². The Kier molecular flexibility index (Phi) is 4.26. The molecule has 1 rings (SSSR count). The average Bonchev–Trinajstić information content (AvgIpc) is 2.31. The first kappa shape index (κ1) is 14.4. The quantitative estimate of drug-likeness (QED) is 0.839. The zero-order valence-electron chi connectivity index (χ0n) is 10.6. The molecule has 0 aliphatic carbocycles. The van der Waals surface area contributed by atoms with Gasteiger partial charge in [-0.15, -0.1) is 0 Å². The number of nitrogens with zero attached hydrogens (tertiary/aromatic N) is 1. The Morgan fingerprint density at radius 2 is 2.00 bits per heavy atom. The third-order valence-corrected chi connectivity index (χ3v) is 4.24. The van der Waals surface area contributed by atoms with Gasteiger partial charge in [0.25, 0.3) is 0 Å². The predicted molar refractivity (Wildman–Crippen MR) is 70.9 cm³/mol. The van der Waals surface area contributed by atoms with Crippen LogP contribution in [0.15, 0.2) is 35.7 Å². The van der Waals surface area contributed by atoms with Gasteiger partial charge in [0, 0.05) is 19.8 Å². The van der Waals surface area contributed by atoms with Crippen LogP contribution in [-0.2, 0) is 14.8 Å². The number of amides is 1. The van der Waals surface area contributed by atoms with Crippen LogP contribution in [0.5, 0.6) is 0 Å². The van der Waals surface area contributed by atoms with E-state index in [0.29, 0.717) is 5.69 Å². The van der Waals surface area contributed by atoms with Crippen molar-refractivity contribution < 1.29 is 13.2 Å².